The van der Waals surface area contributed by atoms with Crippen LogP contribution in [0, 0.1) is 5.92 Å². The number of fused-ring (bicyclic) bond motifs is 1. The number of hydrogen-bond acceptors (Lipinski definition) is 3. The molecule has 19 heavy (non-hydrogen) atoms. The Kier molecular flexibility index (Phi) is 3.34. The maximum absolute atomic E-state index is 12.0. The highest BCUT2D eigenvalue weighted by molar-refractivity contribution is 5.74. The summed E-state index contributed by atoms with van der Waals surface area (Å²) < 4.78 is 1.83. The van der Waals surface area contributed by atoms with Gasteiger partial charge in [-0.3, -0.25) is 4.79 Å². The molecule has 0 aliphatic heterocycles. The topological polar surface area (TPSA) is 60.9 Å². The van der Waals surface area contributed by atoms with Crippen LogP contribution >= 0.6 is 0 Å². The van der Waals surface area contributed by atoms with E-state index in [9.17, 15) is 4.79 Å². The minimum atomic E-state index is -0.0229. The summed E-state index contributed by atoms with van der Waals surface area (Å²) in [5, 5.41) is 0. The van der Waals surface area contributed by atoms with Crippen LogP contribution in [0.5, 0.6) is 0 Å². The third kappa shape index (κ3) is 2.40. The summed E-state index contributed by atoms with van der Waals surface area (Å²) in [4.78, 5) is 16.2. The second-order valence-electron chi connectivity index (χ2n) is 5.38. The molecule has 100 valence electrons. The minimum absolute atomic E-state index is 0.0229. The predicted octanol–water partition coefficient (Wildman–Crippen LogP) is 1.91. The number of aryl methyl sites for hydroxylation is 1. The molecule has 2 aromatic rings. The monoisotopic (exact) mass is 257 g/mol. The number of rotatable bonds is 3. The van der Waals surface area contributed by atoms with E-state index >= 15 is 0 Å². The van der Waals surface area contributed by atoms with Crippen molar-refractivity contribution in [3.63, 3.8) is 0 Å². The molecule has 0 amide bonds. The van der Waals surface area contributed by atoms with Crippen LogP contribution in [0.3, 0.4) is 0 Å². The molecule has 0 spiro atoms. The summed E-state index contributed by atoms with van der Waals surface area (Å²) in [6, 6.07) is 8.09. The van der Waals surface area contributed by atoms with Gasteiger partial charge in [0.25, 0.3) is 5.56 Å². The molecule has 4 heteroatoms. The number of nitrogens with two attached hydrogens (primary N) is 1. The van der Waals surface area contributed by atoms with Gasteiger partial charge in [-0.15, -0.1) is 0 Å². The van der Waals surface area contributed by atoms with Crippen LogP contribution in [-0.4, -0.2) is 15.6 Å². The van der Waals surface area contributed by atoms with E-state index in [0.717, 1.165) is 30.4 Å². The second kappa shape index (κ2) is 5.13. The fourth-order valence-electron chi connectivity index (χ4n) is 3.06. The van der Waals surface area contributed by atoms with Crippen LogP contribution in [0.15, 0.2) is 35.3 Å². The van der Waals surface area contributed by atoms with Crippen LogP contribution in [0.2, 0.25) is 0 Å². The van der Waals surface area contributed by atoms with Gasteiger partial charge in [-0.05, 0) is 37.3 Å². The molecule has 1 aliphatic rings. The molecular formula is C15H19N3O. The second-order valence-corrected chi connectivity index (χ2v) is 5.38. The first-order valence-corrected chi connectivity index (χ1v) is 6.96. The summed E-state index contributed by atoms with van der Waals surface area (Å²) in [6.45, 7) is 0.736. The number of para-hydroxylation sites is 2. The van der Waals surface area contributed by atoms with Crippen molar-refractivity contribution in [2.45, 2.75) is 38.3 Å². The quantitative estimate of drug-likeness (QED) is 0.913. The van der Waals surface area contributed by atoms with Crippen LogP contribution < -0.4 is 11.3 Å². The van der Waals surface area contributed by atoms with Crippen LogP contribution in [-0.2, 0) is 6.54 Å². The summed E-state index contributed by atoms with van der Waals surface area (Å²) in [5.74, 6) is 0.554. The van der Waals surface area contributed by atoms with E-state index in [-0.39, 0.29) is 5.56 Å². The lowest BCUT2D eigenvalue weighted by molar-refractivity contribution is 0.415. The molecule has 0 radical (unpaired) electrons. The lowest BCUT2D eigenvalue weighted by Gasteiger charge is -2.16. The Morgan fingerprint density at radius 1 is 1.32 bits per heavy atom. The van der Waals surface area contributed by atoms with E-state index in [1.54, 1.807) is 0 Å². The molecule has 1 saturated carbocycles. The smallest absolute Gasteiger partial charge is 0.269 e. The van der Waals surface area contributed by atoms with Gasteiger partial charge in [0.1, 0.15) is 0 Å². The van der Waals surface area contributed by atoms with Crippen molar-refractivity contribution in [1.82, 2.24) is 9.55 Å². The first-order chi connectivity index (χ1) is 9.25. The lowest BCUT2D eigenvalue weighted by atomic mass is 10.0. The van der Waals surface area contributed by atoms with Crippen molar-refractivity contribution in [2.24, 2.45) is 11.7 Å². The van der Waals surface area contributed by atoms with Crippen molar-refractivity contribution < 1.29 is 0 Å². The van der Waals surface area contributed by atoms with Gasteiger partial charge in [0.2, 0.25) is 0 Å². The third-order valence-corrected chi connectivity index (χ3v) is 4.19. The zero-order chi connectivity index (χ0) is 13.2. The average molecular weight is 257 g/mol. The van der Waals surface area contributed by atoms with Crippen molar-refractivity contribution in [2.75, 3.05) is 0 Å². The molecule has 1 aromatic carbocycles. The highest BCUT2D eigenvalue weighted by Crippen LogP contribution is 2.27. The molecule has 2 atom stereocenters. The molecule has 0 saturated heterocycles. The summed E-state index contributed by atoms with van der Waals surface area (Å²) in [6.07, 6.45) is 5.93. The van der Waals surface area contributed by atoms with Crippen LogP contribution in [0.25, 0.3) is 11.0 Å². The third-order valence-electron chi connectivity index (χ3n) is 4.19. The Morgan fingerprint density at radius 3 is 2.95 bits per heavy atom. The van der Waals surface area contributed by atoms with Gasteiger partial charge >= 0.3 is 0 Å². The Hall–Kier alpha value is -1.68. The average Bonchev–Trinajstić information content (AvgIpc) is 2.83. The summed E-state index contributed by atoms with van der Waals surface area (Å²) in [7, 11) is 0. The first kappa shape index (κ1) is 12.4. The number of nitrogens with zero attached hydrogens (tertiary/aromatic N) is 2. The number of hydrogen-bond donors (Lipinski definition) is 1. The van der Waals surface area contributed by atoms with Crippen molar-refractivity contribution in [1.29, 1.82) is 0 Å². The molecule has 2 N–H and O–H groups in total. The fourth-order valence-corrected chi connectivity index (χ4v) is 3.06. The fraction of sp³-hybridized carbons (Fsp3) is 0.467. The van der Waals surface area contributed by atoms with E-state index in [1.165, 1.54) is 19.0 Å². The summed E-state index contributed by atoms with van der Waals surface area (Å²) >= 11 is 0. The van der Waals surface area contributed by atoms with Gasteiger partial charge in [-0.1, -0.05) is 18.6 Å². The molecular weight excluding hydrogens is 238 g/mol. The zero-order valence-electron chi connectivity index (χ0n) is 11.0. The molecule has 1 aliphatic carbocycles. The number of aromatic nitrogens is 2. The molecule has 4 nitrogen and oxygen atoms in total. The normalized spacial score (nSPS) is 23.0. The Morgan fingerprint density at radius 2 is 2.16 bits per heavy atom. The van der Waals surface area contributed by atoms with Gasteiger partial charge in [0, 0.05) is 12.6 Å². The van der Waals surface area contributed by atoms with Gasteiger partial charge in [-0.25, -0.2) is 4.98 Å². The maximum atomic E-state index is 12.0. The van der Waals surface area contributed by atoms with Crippen LogP contribution in [0.1, 0.15) is 25.7 Å². The van der Waals surface area contributed by atoms with Gasteiger partial charge < -0.3 is 10.3 Å². The van der Waals surface area contributed by atoms with Crippen molar-refractivity contribution >= 4 is 11.0 Å². The zero-order valence-corrected chi connectivity index (χ0v) is 11.0. The van der Waals surface area contributed by atoms with E-state index < -0.39 is 0 Å². The Labute approximate surface area is 112 Å². The Bertz CT molecular complexity index is 635. The molecule has 1 fully saturated rings. The molecule has 2 unspecified atom stereocenters. The van der Waals surface area contributed by atoms with Crippen molar-refractivity contribution in [3.8, 4) is 0 Å². The lowest BCUT2D eigenvalue weighted by Crippen LogP contribution is -2.27. The van der Waals surface area contributed by atoms with Gasteiger partial charge in [-0.2, -0.15) is 0 Å². The molecule has 0 bridgehead atoms. The first-order valence-electron chi connectivity index (χ1n) is 6.96. The highest BCUT2D eigenvalue weighted by atomic mass is 16.1. The molecule has 1 aromatic heterocycles. The maximum Gasteiger partial charge on any atom is 0.269 e. The van der Waals surface area contributed by atoms with Crippen LogP contribution in [0.4, 0.5) is 0 Å². The highest BCUT2D eigenvalue weighted by Gasteiger charge is 2.23. The largest absolute Gasteiger partial charge is 0.327 e. The van der Waals surface area contributed by atoms with E-state index in [4.69, 9.17) is 5.73 Å². The molecule has 3 rings (SSSR count). The standard InChI is InChI=1S/C15H19N3O/c16-12-5-3-4-11(12)8-9-18-14-7-2-1-6-13(14)17-10-15(18)19/h1-2,6-7,10-12H,3-5,8-9,16H2. The molecule has 1 heterocycles. The van der Waals surface area contributed by atoms with E-state index in [2.05, 4.69) is 4.98 Å². The number of benzene rings is 1. The van der Waals surface area contributed by atoms with Gasteiger partial charge in [0.05, 0.1) is 17.2 Å². The van der Waals surface area contributed by atoms with Crippen molar-refractivity contribution in [3.05, 3.63) is 40.8 Å². The predicted molar refractivity (Wildman–Crippen MR) is 75.9 cm³/mol. The SMILES string of the molecule is NC1CCCC1CCn1c(=O)cnc2ccccc21. The Balaban J connectivity index is 1.87. The summed E-state index contributed by atoms with van der Waals surface area (Å²) in [5.41, 5.74) is 7.86. The van der Waals surface area contributed by atoms with E-state index in [0.29, 0.717) is 12.0 Å². The van der Waals surface area contributed by atoms with Gasteiger partial charge in [0.15, 0.2) is 0 Å². The minimum Gasteiger partial charge on any atom is -0.327 e. The van der Waals surface area contributed by atoms with E-state index in [1.807, 2.05) is 28.8 Å².